The van der Waals surface area contributed by atoms with Crippen LogP contribution < -0.4 is 0 Å². The Morgan fingerprint density at radius 2 is 0.510 bits per heavy atom. The third-order valence-corrected chi connectivity index (χ3v) is 4.59. The van der Waals surface area contributed by atoms with Crippen LogP contribution in [0.2, 0.25) is 0 Å². The molecule has 0 saturated carbocycles. The Kier molecular flexibility index (Phi) is 74.4. The molecule has 9 radical (unpaired) electrons. The van der Waals surface area contributed by atoms with Crippen molar-refractivity contribution in [2.75, 3.05) is 78.5 Å². The van der Waals surface area contributed by atoms with Crippen molar-refractivity contribution in [1.82, 2.24) is 19.6 Å². The van der Waals surface area contributed by atoms with Crippen molar-refractivity contribution in [1.29, 1.82) is 0 Å². The van der Waals surface area contributed by atoms with Crippen molar-refractivity contribution < 1.29 is 154 Å². The Hall–Kier alpha value is 0.435. The molecule has 0 fully saturated rings. The molecule has 0 unspecified atom stereocenters. The molecule has 0 rings (SSSR count). The first-order valence-electron chi connectivity index (χ1n) is 11.6. The monoisotopic (exact) mass is 1070 g/mol. The molecule has 0 heterocycles. The largest absolute Gasteiger partial charge is 0.480 e. The number of nitrogens with zero attached hydrogens (tertiary/aromatic N) is 4. The van der Waals surface area contributed by atoms with E-state index in [9.17, 15) is 19.2 Å². The number of aliphatic carboxylic acids is 4. The zero-order chi connectivity index (χ0) is 31.4. The van der Waals surface area contributed by atoms with Crippen LogP contribution in [0.3, 0.4) is 0 Å². The molecular formula is C20H50Mn3N4O20Sb2+2. The van der Waals surface area contributed by atoms with Crippen LogP contribution in [-0.4, -0.2) is 268 Å². The molecule has 0 atom stereocenters. The van der Waals surface area contributed by atoms with E-state index >= 15 is 0 Å². The average molecular weight is 1070 g/mol. The second-order valence-corrected chi connectivity index (χ2v) is 8.44. The van der Waals surface area contributed by atoms with Gasteiger partial charge in [0.2, 0.25) is 0 Å². The smallest absolute Gasteiger partial charge is 0.317 e. The quantitative estimate of drug-likeness (QED) is 0.0272. The summed E-state index contributed by atoms with van der Waals surface area (Å²) in [5.41, 5.74) is 0. The van der Waals surface area contributed by atoms with E-state index in [1.165, 1.54) is 19.6 Å². The van der Waals surface area contributed by atoms with Crippen molar-refractivity contribution in [2.45, 2.75) is 25.2 Å². The van der Waals surface area contributed by atoms with Gasteiger partial charge in [0.05, 0.1) is 26.2 Å². The molecule has 24 nitrogen and oxygen atoms in total. The number of hydrogen-bond acceptors (Lipinski definition) is 16. The Labute approximate surface area is 347 Å². The fourth-order valence-corrected chi connectivity index (χ4v) is 3.19. The number of carboxylic acid groups (broad SMARTS) is 4. The van der Waals surface area contributed by atoms with Gasteiger partial charge in [-0.05, 0) is 0 Å². The molecule has 22 N–H and O–H groups in total. The Morgan fingerprint density at radius 1 is 0.388 bits per heavy atom. The number of aliphatic hydroxyl groups is 8. The molecule has 0 aromatic heterocycles. The summed E-state index contributed by atoms with van der Waals surface area (Å²) in [4.78, 5) is 47.2. The summed E-state index contributed by atoms with van der Waals surface area (Å²) in [5.74, 6) is -4.68. The average Bonchev–Trinajstić information content (AvgIpc) is 2.72. The van der Waals surface area contributed by atoms with Gasteiger partial charge in [-0.3, -0.25) is 38.8 Å². The Morgan fingerprint density at radius 3 is 0.592 bits per heavy atom. The van der Waals surface area contributed by atoms with Gasteiger partial charge in [0.25, 0.3) is 0 Å². The number of rotatable bonds is 22. The molecule has 0 bridgehead atoms. The van der Waals surface area contributed by atoms with Gasteiger partial charge >= 0.3 is 23.9 Å². The summed E-state index contributed by atoms with van der Waals surface area (Å²) in [6, 6.07) is 0. The zero-order valence-corrected chi connectivity index (χ0v) is 34.4. The van der Waals surface area contributed by atoms with E-state index in [2.05, 4.69) is 0 Å². The summed E-state index contributed by atoms with van der Waals surface area (Å²) in [6.07, 6.45) is -6.87. The van der Waals surface area contributed by atoms with Gasteiger partial charge in [0.1, 0.15) is 0 Å². The molecule has 49 heavy (non-hydrogen) atoms. The summed E-state index contributed by atoms with van der Waals surface area (Å²) >= 11 is 0. The van der Waals surface area contributed by atoms with E-state index in [1.54, 1.807) is 0 Å². The van der Waals surface area contributed by atoms with Crippen molar-refractivity contribution in [3.63, 3.8) is 0 Å². The molecule has 0 aliphatic carbocycles. The molecule has 0 aliphatic heterocycles. The minimum atomic E-state index is -1.72. The van der Waals surface area contributed by atoms with Gasteiger partial charge in [-0.2, -0.15) is 0 Å². The first-order chi connectivity index (χ1) is 18.4. The number of hydrogen-bond donors (Lipinski definition) is 12. The summed E-state index contributed by atoms with van der Waals surface area (Å²) in [7, 11) is 0. The number of carboxylic acids is 4. The van der Waals surface area contributed by atoms with Gasteiger partial charge in [-0.25, -0.2) is 0 Å². The third kappa shape index (κ3) is 58.0. The second kappa shape index (κ2) is 46.5. The van der Waals surface area contributed by atoms with Crippen molar-refractivity contribution in [2.24, 2.45) is 0 Å². The van der Waals surface area contributed by atoms with Gasteiger partial charge in [-0.15, -0.1) is 0 Å². The van der Waals surface area contributed by atoms with Crippen LogP contribution in [0.5, 0.6) is 0 Å². The van der Waals surface area contributed by atoms with E-state index in [-0.39, 0.29) is 174 Å². The third-order valence-electron chi connectivity index (χ3n) is 4.59. The maximum Gasteiger partial charge on any atom is 0.317 e. The van der Waals surface area contributed by atoms with Gasteiger partial charge in [-0.1, -0.05) is 0 Å². The molecule has 0 aromatic carbocycles. The van der Waals surface area contributed by atoms with E-state index in [0.717, 1.165) is 0 Å². The molecule has 0 aliphatic rings. The molecule has 0 amide bonds. The topological polar surface area (TPSA) is 453 Å². The minimum absolute atomic E-state index is 0. The number of aliphatic hydroxyl groups excluding tert-OH is 4. The van der Waals surface area contributed by atoms with E-state index < -0.39 is 75.2 Å². The fraction of sp³-hybridized carbons (Fsp3) is 0.800. The predicted octanol–water partition coefficient (Wildman–Crippen LogP) is -11.5. The van der Waals surface area contributed by atoms with Gasteiger partial charge in [0, 0.05) is 152 Å². The van der Waals surface area contributed by atoms with Crippen LogP contribution in [0.1, 0.15) is 0 Å². The normalized spacial score (nSPS) is 9.63. The van der Waals surface area contributed by atoms with Crippen LogP contribution in [-0.2, 0) is 81.3 Å². The molecule has 0 spiro atoms. The molecule has 0 aromatic rings. The van der Waals surface area contributed by atoms with Gasteiger partial charge < -0.3 is 83.2 Å². The first-order valence-corrected chi connectivity index (χ1v) is 11.6. The minimum Gasteiger partial charge on any atom is -0.480 e. The SMILES string of the molecule is O.O.O=C(O)CN(CCN(CC(=O)O)CC(O)O)CC(O)O.O=C(O)CN(CCN(CC(=O)O)CC(O)O)CC(O)O.[Mn].[Mn].[Mn].[OH3+].[OH3+].[Sb].[Sb]. The summed E-state index contributed by atoms with van der Waals surface area (Å²) in [5, 5.41) is 105. The van der Waals surface area contributed by atoms with Crippen LogP contribution >= 0.6 is 0 Å². The van der Waals surface area contributed by atoms with Crippen molar-refractivity contribution in [3.05, 3.63) is 0 Å². The van der Waals surface area contributed by atoms with E-state index in [4.69, 9.17) is 61.3 Å². The first kappa shape index (κ1) is 78.5. The Balaban J connectivity index is -0.0000000553. The zero-order valence-electron chi connectivity index (χ0n) is 25.8. The molecular weight excluding hydrogens is 1020 g/mol. The standard InChI is InChI=1S/2C10H20N2O8.3Mn.4H2O.2Sb/c2*13-7(14)3-11(4-8(15)16)1-2-12(5-9(17)18)6-10(19)20;;;;;;;;;/h2*7,9,13-14,17-18H,1-6H2,(H,15,16)(H,19,20);;;;4*1H2;;/p+2. The van der Waals surface area contributed by atoms with Crippen LogP contribution in [0.15, 0.2) is 0 Å². The number of carbonyl (C=O) groups is 4. The maximum absolute atomic E-state index is 10.6. The van der Waals surface area contributed by atoms with Crippen molar-refractivity contribution >= 4 is 72.7 Å². The summed E-state index contributed by atoms with van der Waals surface area (Å²) < 4.78 is 0. The van der Waals surface area contributed by atoms with Gasteiger partial charge in [0.15, 0.2) is 25.2 Å². The summed E-state index contributed by atoms with van der Waals surface area (Å²) in [6.45, 7) is -2.89. The van der Waals surface area contributed by atoms with E-state index in [1.807, 2.05) is 0 Å². The fourth-order valence-electron chi connectivity index (χ4n) is 3.19. The van der Waals surface area contributed by atoms with E-state index in [0.29, 0.717) is 0 Å². The predicted molar refractivity (Wildman–Crippen MR) is 158 cm³/mol. The van der Waals surface area contributed by atoms with Crippen molar-refractivity contribution in [3.8, 4) is 0 Å². The molecule has 299 valence electrons. The molecule has 0 saturated heterocycles. The maximum atomic E-state index is 10.6. The van der Waals surface area contributed by atoms with Crippen LogP contribution in [0.25, 0.3) is 0 Å². The van der Waals surface area contributed by atoms with Crippen LogP contribution in [0, 0.1) is 0 Å². The Bertz CT molecular complexity index is 652. The molecule has 29 heteroatoms. The second-order valence-electron chi connectivity index (χ2n) is 8.44. The van der Waals surface area contributed by atoms with Crippen LogP contribution in [0.4, 0.5) is 0 Å².